The van der Waals surface area contributed by atoms with E-state index in [-0.39, 0.29) is 5.82 Å². The van der Waals surface area contributed by atoms with Crippen LogP contribution in [0.4, 0.5) is 4.39 Å². The Hall–Kier alpha value is -1.15. The van der Waals surface area contributed by atoms with Crippen LogP contribution >= 0.6 is 0 Å². The standard InChI is InChI=1S/C17H24FN/c1-13-8-9-17(18)11-15(13)10-16(12-19-2)14-6-4-3-5-7-14/h8-11,14,19H,3-7,12H2,1-2H3/b16-10-. The van der Waals surface area contributed by atoms with E-state index in [1.54, 1.807) is 6.07 Å². The third kappa shape index (κ3) is 3.90. The highest BCUT2D eigenvalue weighted by Crippen LogP contribution is 2.31. The smallest absolute Gasteiger partial charge is 0.123 e. The van der Waals surface area contributed by atoms with Crippen LogP contribution in [0, 0.1) is 18.7 Å². The molecule has 1 N–H and O–H groups in total. The minimum Gasteiger partial charge on any atom is -0.316 e. The van der Waals surface area contributed by atoms with Crippen LogP contribution in [0.5, 0.6) is 0 Å². The van der Waals surface area contributed by atoms with E-state index >= 15 is 0 Å². The second kappa shape index (κ2) is 6.85. The lowest BCUT2D eigenvalue weighted by atomic mass is 9.82. The summed E-state index contributed by atoms with van der Waals surface area (Å²) in [5.41, 5.74) is 3.59. The maximum atomic E-state index is 13.4. The molecule has 1 aliphatic carbocycles. The number of nitrogens with one attached hydrogen (secondary N) is 1. The fourth-order valence-corrected chi connectivity index (χ4v) is 2.96. The van der Waals surface area contributed by atoms with Crippen molar-refractivity contribution >= 4 is 6.08 Å². The number of benzene rings is 1. The fraction of sp³-hybridized carbons (Fsp3) is 0.529. The molecule has 0 radical (unpaired) electrons. The molecule has 0 atom stereocenters. The molecule has 0 aromatic heterocycles. The van der Waals surface area contributed by atoms with Gasteiger partial charge in [0.1, 0.15) is 5.82 Å². The second-order valence-electron chi connectivity index (χ2n) is 5.59. The molecule has 1 fully saturated rings. The van der Waals surface area contributed by atoms with Crippen molar-refractivity contribution in [3.05, 3.63) is 40.7 Å². The van der Waals surface area contributed by atoms with Gasteiger partial charge in [-0.1, -0.05) is 37.0 Å². The van der Waals surface area contributed by atoms with Gasteiger partial charge in [-0.3, -0.25) is 0 Å². The van der Waals surface area contributed by atoms with Crippen LogP contribution in [0.2, 0.25) is 0 Å². The van der Waals surface area contributed by atoms with Crippen molar-refractivity contribution in [1.82, 2.24) is 5.32 Å². The van der Waals surface area contributed by atoms with Crippen molar-refractivity contribution in [3.8, 4) is 0 Å². The Morgan fingerprint density at radius 3 is 2.74 bits per heavy atom. The Labute approximate surface area is 115 Å². The minimum atomic E-state index is -0.149. The molecular weight excluding hydrogens is 237 g/mol. The van der Waals surface area contributed by atoms with Crippen molar-refractivity contribution in [2.45, 2.75) is 39.0 Å². The molecule has 0 unspecified atom stereocenters. The normalized spacial score (nSPS) is 17.7. The summed E-state index contributed by atoms with van der Waals surface area (Å²) >= 11 is 0. The molecule has 0 spiro atoms. The lowest BCUT2D eigenvalue weighted by molar-refractivity contribution is 0.398. The maximum absolute atomic E-state index is 13.4. The van der Waals surface area contributed by atoms with E-state index in [1.165, 1.54) is 43.7 Å². The Bertz CT molecular complexity index is 445. The number of hydrogen-bond donors (Lipinski definition) is 1. The van der Waals surface area contributed by atoms with Gasteiger partial charge in [-0.2, -0.15) is 0 Å². The molecule has 2 rings (SSSR count). The first-order valence-electron chi connectivity index (χ1n) is 7.32. The molecule has 2 heteroatoms. The van der Waals surface area contributed by atoms with Crippen molar-refractivity contribution in [3.63, 3.8) is 0 Å². The van der Waals surface area contributed by atoms with E-state index < -0.39 is 0 Å². The van der Waals surface area contributed by atoms with Gasteiger partial charge in [0, 0.05) is 6.54 Å². The third-order valence-electron chi connectivity index (χ3n) is 4.09. The lowest BCUT2D eigenvalue weighted by Crippen LogP contribution is -2.19. The van der Waals surface area contributed by atoms with Crippen LogP contribution in [-0.2, 0) is 0 Å². The molecule has 0 heterocycles. The summed E-state index contributed by atoms with van der Waals surface area (Å²) in [4.78, 5) is 0. The van der Waals surface area contributed by atoms with Crippen LogP contribution < -0.4 is 5.32 Å². The summed E-state index contributed by atoms with van der Waals surface area (Å²) in [6.07, 6.45) is 8.78. The SMILES string of the molecule is CNC/C(=C/c1cc(F)ccc1C)C1CCCCC1. The molecule has 1 aromatic carbocycles. The second-order valence-corrected chi connectivity index (χ2v) is 5.59. The van der Waals surface area contributed by atoms with Gasteiger partial charge >= 0.3 is 0 Å². The van der Waals surface area contributed by atoms with E-state index in [0.717, 1.165) is 17.7 Å². The Morgan fingerprint density at radius 1 is 1.32 bits per heavy atom. The van der Waals surface area contributed by atoms with Crippen molar-refractivity contribution in [2.75, 3.05) is 13.6 Å². The first-order chi connectivity index (χ1) is 9.20. The zero-order valence-corrected chi connectivity index (χ0v) is 12.0. The van der Waals surface area contributed by atoms with Gasteiger partial charge in [0.15, 0.2) is 0 Å². The summed E-state index contributed by atoms with van der Waals surface area (Å²) in [6.45, 7) is 2.95. The van der Waals surface area contributed by atoms with Gasteiger partial charge in [-0.15, -0.1) is 0 Å². The molecule has 104 valence electrons. The highest BCUT2D eigenvalue weighted by molar-refractivity contribution is 5.57. The van der Waals surface area contributed by atoms with Crippen molar-refractivity contribution < 1.29 is 4.39 Å². The van der Waals surface area contributed by atoms with E-state index in [2.05, 4.69) is 11.4 Å². The van der Waals surface area contributed by atoms with Crippen LogP contribution in [0.15, 0.2) is 23.8 Å². The molecule has 0 bridgehead atoms. The average Bonchev–Trinajstić information content (AvgIpc) is 2.43. The summed E-state index contributed by atoms with van der Waals surface area (Å²) in [6, 6.07) is 5.04. The average molecular weight is 261 g/mol. The molecule has 1 saturated carbocycles. The number of hydrogen-bond acceptors (Lipinski definition) is 1. The molecule has 0 aliphatic heterocycles. The van der Waals surface area contributed by atoms with Gasteiger partial charge in [-0.25, -0.2) is 4.39 Å². The zero-order valence-electron chi connectivity index (χ0n) is 12.0. The summed E-state index contributed by atoms with van der Waals surface area (Å²) in [7, 11) is 1.98. The zero-order chi connectivity index (χ0) is 13.7. The maximum Gasteiger partial charge on any atom is 0.123 e. The summed E-state index contributed by atoms with van der Waals surface area (Å²) in [5.74, 6) is 0.521. The first kappa shape index (κ1) is 14.3. The van der Waals surface area contributed by atoms with Gasteiger partial charge in [0.2, 0.25) is 0 Å². The molecule has 19 heavy (non-hydrogen) atoms. The van der Waals surface area contributed by atoms with Gasteiger partial charge in [0.25, 0.3) is 0 Å². The topological polar surface area (TPSA) is 12.0 Å². The molecule has 1 aliphatic rings. The minimum absolute atomic E-state index is 0.149. The Kier molecular flexibility index (Phi) is 5.15. The Balaban J connectivity index is 2.25. The predicted molar refractivity (Wildman–Crippen MR) is 79.6 cm³/mol. The number of rotatable bonds is 4. The molecule has 0 saturated heterocycles. The highest BCUT2D eigenvalue weighted by Gasteiger charge is 2.17. The van der Waals surface area contributed by atoms with Crippen LogP contribution in [0.25, 0.3) is 6.08 Å². The van der Waals surface area contributed by atoms with Crippen molar-refractivity contribution in [1.29, 1.82) is 0 Å². The quantitative estimate of drug-likeness (QED) is 0.851. The molecule has 1 nitrogen and oxygen atoms in total. The van der Waals surface area contributed by atoms with Crippen LogP contribution in [0.3, 0.4) is 0 Å². The fourth-order valence-electron chi connectivity index (χ4n) is 2.96. The third-order valence-corrected chi connectivity index (χ3v) is 4.09. The lowest BCUT2D eigenvalue weighted by Gasteiger charge is -2.25. The number of halogens is 1. The van der Waals surface area contributed by atoms with Gasteiger partial charge in [0.05, 0.1) is 0 Å². The van der Waals surface area contributed by atoms with E-state index in [9.17, 15) is 4.39 Å². The number of aryl methyl sites for hydroxylation is 1. The summed E-state index contributed by atoms with van der Waals surface area (Å²) in [5, 5.41) is 3.26. The Morgan fingerprint density at radius 2 is 2.05 bits per heavy atom. The highest BCUT2D eigenvalue weighted by atomic mass is 19.1. The van der Waals surface area contributed by atoms with Crippen molar-refractivity contribution in [2.24, 2.45) is 5.92 Å². The largest absolute Gasteiger partial charge is 0.316 e. The molecule has 1 aromatic rings. The monoisotopic (exact) mass is 261 g/mol. The van der Waals surface area contributed by atoms with E-state index in [0.29, 0.717) is 5.92 Å². The first-order valence-corrected chi connectivity index (χ1v) is 7.32. The van der Waals surface area contributed by atoms with Gasteiger partial charge < -0.3 is 5.32 Å². The van der Waals surface area contributed by atoms with Crippen LogP contribution in [0.1, 0.15) is 43.2 Å². The van der Waals surface area contributed by atoms with E-state index in [4.69, 9.17) is 0 Å². The summed E-state index contributed by atoms with van der Waals surface area (Å²) < 4.78 is 13.4. The molecule has 0 amide bonds. The van der Waals surface area contributed by atoms with Crippen LogP contribution in [-0.4, -0.2) is 13.6 Å². The molecular formula is C17H24FN. The number of likely N-dealkylation sites (N-methyl/N-ethyl adjacent to an activating group) is 1. The van der Waals surface area contributed by atoms with Gasteiger partial charge in [-0.05, 0) is 56.0 Å². The van der Waals surface area contributed by atoms with E-state index in [1.807, 2.05) is 20.0 Å². The predicted octanol–water partition coefficient (Wildman–Crippen LogP) is 4.32.